The maximum Gasteiger partial charge on any atom is 0.252 e. The van der Waals surface area contributed by atoms with E-state index in [1.54, 1.807) is 0 Å². The first kappa shape index (κ1) is 15.2. The van der Waals surface area contributed by atoms with Crippen molar-refractivity contribution in [3.8, 4) is 0 Å². The molecule has 0 radical (unpaired) electrons. The number of para-hydroxylation sites is 1. The number of halogens is 2. The summed E-state index contributed by atoms with van der Waals surface area (Å²) in [7, 11) is 0. The van der Waals surface area contributed by atoms with Crippen LogP contribution in [-0.4, -0.2) is 11.7 Å². The quantitative estimate of drug-likeness (QED) is 0.757. The molecule has 0 aliphatic heterocycles. The Kier molecular flexibility index (Phi) is 4.02. The highest BCUT2D eigenvalue weighted by Gasteiger charge is 2.40. The van der Waals surface area contributed by atoms with E-state index in [0.717, 1.165) is 8.95 Å². The lowest BCUT2D eigenvalue weighted by atomic mass is 9.82. The minimum Gasteiger partial charge on any atom is -0.320 e. The average Bonchev–Trinajstić information content (AvgIpc) is 2.57. The van der Waals surface area contributed by atoms with Crippen molar-refractivity contribution in [3.05, 3.63) is 50.9 Å². The number of carbonyl (C=O) groups is 2. The van der Waals surface area contributed by atoms with Crippen molar-refractivity contribution in [2.45, 2.75) is 13.8 Å². The van der Waals surface area contributed by atoms with Crippen LogP contribution in [0.15, 0.2) is 50.9 Å². The Morgan fingerprint density at radius 2 is 1.80 bits per heavy atom. The fourth-order valence-corrected chi connectivity index (χ4v) is 3.21. The normalized spacial score (nSPS) is 17.1. The molecule has 20 heavy (non-hydrogen) atoms. The van der Waals surface area contributed by atoms with Crippen molar-refractivity contribution in [2.75, 3.05) is 5.32 Å². The first-order valence-corrected chi connectivity index (χ1v) is 7.55. The van der Waals surface area contributed by atoms with Crippen molar-refractivity contribution in [2.24, 2.45) is 5.41 Å². The minimum absolute atomic E-state index is 0.189. The van der Waals surface area contributed by atoms with E-state index in [1.807, 2.05) is 32.0 Å². The van der Waals surface area contributed by atoms with Gasteiger partial charge in [0, 0.05) is 25.5 Å². The summed E-state index contributed by atoms with van der Waals surface area (Å²) >= 11 is 6.78. The van der Waals surface area contributed by atoms with E-state index in [-0.39, 0.29) is 11.7 Å². The molecule has 104 valence electrons. The molecule has 0 bridgehead atoms. The lowest BCUT2D eigenvalue weighted by Gasteiger charge is -2.23. The van der Waals surface area contributed by atoms with Gasteiger partial charge in [-0.05, 0) is 50.1 Å². The highest BCUT2D eigenvalue weighted by atomic mass is 79.9. The average molecular weight is 399 g/mol. The van der Waals surface area contributed by atoms with Gasteiger partial charge in [-0.2, -0.15) is 0 Å². The molecule has 0 atom stereocenters. The van der Waals surface area contributed by atoms with Gasteiger partial charge in [-0.25, -0.2) is 0 Å². The number of nitrogens with one attached hydrogen (secondary N) is 1. The van der Waals surface area contributed by atoms with Crippen molar-refractivity contribution in [1.82, 2.24) is 0 Å². The van der Waals surface area contributed by atoms with Gasteiger partial charge in [0.15, 0.2) is 5.78 Å². The van der Waals surface area contributed by atoms with Gasteiger partial charge >= 0.3 is 0 Å². The second kappa shape index (κ2) is 5.30. The van der Waals surface area contributed by atoms with Gasteiger partial charge in [0.1, 0.15) is 0 Å². The first-order chi connectivity index (χ1) is 9.25. The lowest BCUT2D eigenvalue weighted by Crippen LogP contribution is -2.25. The maximum absolute atomic E-state index is 12.4. The van der Waals surface area contributed by atoms with E-state index in [1.165, 1.54) is 6.08 Å². The van der Waals surface area contributed by atoms with Crippen LogP contribution in [0.2, 0.25) is 0 Å². The first-order valence-electron chi connectivity index (χ1n) is 5.96. The molecule has 0 saturated heterocycles. The highest BCUT2D eigenvalue weighted by molar-refractivity contribution is 9.11. The molecule has 0 aromatic heterocycles. The Morgan fingerprint density at radius 3 is 2.25 bits per heavy atom. The number of anilines is 1. The minimum atomic E-state index is -0.644. The molecule has 0 unspecified atom stereocenters. The van der Waals surface area contributed by atoms with E-state index in [0.29, 0.717) is 16.8 Å². The number of amides is 1. The van der Waals surface area contributed by atoms with E-state index < -0.39 is 5.41 Å². The molecule has 0 saturated carbocycles. The fourth-order valence-electron chi connectivity index (χ4n) is 2.02. The van der Waals surface area contributed by atoms with Gasteiger partial charge in [-0.1, -0.05) is 26.5 Å². The van der Waals surface area contributed by atoms with E-state index in [2.05, 4.69) is 43.8 Å². The van der Waals surface area contributed by atoms with Crippen LogP contribution >= 0.6 is 31.9 Å². The van der Waals surface area contributed by atoms with Gasteiger partial charge in [0.05, 0.1) is 5.69 Å². The zero-order valence-corrected chi connectivity index (χ0v) is 14.3. The Balaban J connectivity index is 2.33. The predicted octanol–water partition coefficient (Wildman–Crippen LogP) is 4.24. The standard InChI is InChI=1S/C15H13Br2NO2/c1-8-12(19)7-9(15(8,2)3)14(20)18-13-10(16)5-4-6-11(13)17/h4-7H,1H2,2-3H3,(H,18,20). The van der Waals surface area contributed by atoms with E-state index >= 15 is 0 Å². The summed E-state index contributed by atoms with van der Waals surface area (Å²) < 4.78 is 1.53. The SMILES string of the molecule is C=C1C(=O)C=C(C(=O)Nc2c(Br)cccc2Br)C1(C)C. The van der Waals surface area contributed by atoms with Gasteiger partial charge in [0.2, 0.25) is 0 Å². The smallest absolute Gasteiger partial charge is 0.252 e. The number of ketones is 1. The fraction of sp³-hybridized carbons (Fsp3) is 0.200. The van der Waals surface area contributed by atoms with Crippen LogP contribution in [0.3, 0.4) is 0 Å². The number of carbonyl (C=O) groups excluding carboxylic acids is 2. The molecule has 3 nitrogen and oxygen atoms in total. The molecule has 2 rings (SSSR count). The Labute approximate surface area is 134 Å². The molecular weight excluding hydrogens is 386 g/mol. The number of hydrogen-bond acceptors (Lipinski definition) is 2. The monoisotopic (exact) mass is 397 g/mol. The molecule has 1 aliphatic carbocycles. The summed E-state index contributed by atoms with van der Waals surface area (Å²) in [6.07, 6.45) is 1.36. The van der Waals surface area contributed by atoms with Gasteiger partial charge in [-0.15, -0.1) is 0 Å². The topological polar surface area (TPSA) is 46.2 Å². The van der Waals surface area contributed by atoms with Crippen molar-refractivity contribution < 1.29 is 9.59 Å². The van der Waals surface area contributed by atoms with Crippen LogP contribution < -0.4 is 5.32 Å². The summed E-state index contributed by atoms with van der Waals surface area (Å²) in [6, 6.07) is 5.52. The van der Waals surface area contributed by atoms with Crippen LogP contribution in [0.25, 0.3) is 0 Å². The number of hydrogen-bond donors (Lipinski definition) is 1. The van der Waals surface area contributed by atoms with Crippen molar-refractivity contribution >= 4 is 49.2 Å². The molecule has 0 fully saturated rings. The third-order valence-electron chi connectivity index (χ3n) is 3.45. The van der Waals surface area contributed by atoms with Crippen molar-refractivity contribution in [1.29, 1.82) is 0 Å². The molecule has 1 aromatic rings. The summed E-state index contributed by atoms with van der Waals surface area (Å²) in [5.41, 5.74) is 0.859. The zero-order chi connectivity index (χ0) is 15.1. The van der Waals surface area contributed by atoms with Crippen molar-refractivity contribution in [3.63, 3.8) is 0 Å². The molecule has 0 spiro atoms. The molecule has 1 aromatic carbocycles. The predicted molar refractivity (Wildman–Crippen MR) is 86.5 cm³/mol. The van der Waals surface area contributed by atoms with E-state index in [9.17, 15) is 9.59 Å². The van der Waals surface area contributed by atoms with Crippen LogP contribution in [-0.2, 0) is 9.59 Å². The number of allylic oxidation sites excluding steroid dienone is 2. The largest absolute Gasteiger partial charge is 0.320 e. The molecule has 1 N–H and O–H groups in total. The van der Waals surface area contributed by atoms with Crippen LogP contribution in [0.5, 0.6) is 0 Å². The second-order valence-corrected chi connectivity index (χ2v) is 6.79. The molecule has 0 heterocycles. The summed E-state index contributed by atoms with van der Waals surface area (Å²) in [5.74, 6) is -0.485. The Hall–Kier alpha value is -1.20. The highest BCUT2D eigenvalue weighted by Crippen LogP contribution is 2.41. The zero-order valence-electron chi connectivity index (χ0n) is 11.1. The van der Waals surface area contributed by atoms with E-state index in [4.69, 9.17) is 0 Å². The third-order valence-corrected chi connectivity index (χ3v) is 4.77. The Bertz CT molecular complexity index is 640. The van der Waals surface area contributed by atoms with Crippen LogP contribution in [0.4, 0.5) is 5.69 Å². The molecule has 5 heteroatoms. The second-order valence-electron chi connectivity index (χ2n) is 5.08. The van der Waals surface area contributed by atoms with Crippen LogP contribution in [0, 0.1) is 5.41 Å². The Morgan fingerprint density at radius 1 is 1.25 bits per heavy atom. The molecule has 1 aliphatic rings. The lowest BCUT2D eigenvalue weighted by molar-refractivity contribution is -0.113. The third kappa shape index (κ3) is 2.52. The maximum atomic E-state index is 12.4. The number of benzene rings is 1. The van der Waals surface area contributed by atoms with Crippen LogP contribution in [0.1, 0.15) is 13.8 Å². The molecule has 1 amide bonds. The summed E-state index contributed by atoms with van der Waals surface area (Å²) in [5, 5.41) is 2.82. The molecular formula is C15H13Br2NO2. The number of rotatable bonds is 2. The van der Waals surface area contributed by atoms with Gasteiger partial charge in [0.25, 0.3) is 5.91 Å². The van der Waals surface area contributed by atoms with Gasteiger partial charge < -0.3 is 5.32 Å². The summed E-state index contributed by atoms with van der Waals surface area (Å²) in [4.78, 5) is 24.1. The van der Waals surface area contributed by atoms with Gasteiger partial charge in [-0.3, -0.25) is 9.59 Å². The summed E-state index contributed by atoms with van der Waals surface area (Å²) in [6.45, 7) is 7.40.